The number of hydrogen-bond acceptors (Lipinski definition) is 2. The van der Waals surface area contributed by atoms with E-state index in [-0.39, 0.29) is 0 Å². The molecule has 0 aliphatic rings. The first-order valence-electron chi connectivity index (χ1n) is 5.47. The number of benzene rings is 2. The van der Waals surface area contributed by atoms with Gasteiger partial charge >= 0.3 is 0 Å². The van der Waals surface area contributed by atoms with Crippen molar-refractivity contribution in [2.24, 2.45) is 0 Å². The van der Waals surface area contributed by atoms with Crippen LogP contribution in [0.2, 0.25) is 0 Å². The van der Waals surface area contributed by atoms with Crippen LogP contribution in [-0.4, -0.2) is 11.5 Å². The second-order valence-corrected chi connectivity index (χ2v) is 3.99. The van der Waals surface area contributed by atoms with Gasteiger partial charge in [0.25, 0.3) is 0 Å². The molecule has 90 valence electrons. The van der Waals surface area contributed by atoms with Crippen molar-refractivity contribution in [2.45, 2.75) is 0 Å². The van der Waals surface area contributed by atoms with Gasteiger partial charge in [-0.05, 0) is 36.5 Å². The maximum absolute atomic E-state index is 11.1. The summed E-state index contributed by atoms with van der Waals surface area (Å²) in [6.45, 7) is 0. The van der Waals surface area contributed by atoms with Crippen molar-refractivity contribution in [3.63, 3.8) is 0 Å². The SMILES string of the molecule is O=CN(C(=S)Nc1ccccc1)c1ccccc1. The molecule has 18 heavy (non-hydrogen) atoms. The van der Waals surface area contributed by atoms with Crippen molar-refractivity contribution in [1.29, 1.82) is 0 Å². The van der Waals surface area contributed by atoms with Gasteiger partial charge < -0.3 is 5.32 Å². The highest BCUT2D eigenvalue weighted by Gasteiger charge is 2.10. The third-order valence-electron chi connectivity index (χ3n) is 2.38. The average molecular weight is 256 g/mol. The standard InChI is InChI=1S/C14H12N2OS/c17-11-16(13-9-5-2-6-10-13)14(18)15-12-7-3-1-4-8-12/h1-11H,(H,15,18). The monoisotopic (exact) mass is 256 g/mol. The van der Waals surface area contributed by atoms with Gasteiger partial charge in [0, 0.05) is 5.69 Å². The zero-order valence-electron chi connectivity index (χ0n) is 9.61. The highest BCUT2D eigenvalue weighted by molar-refractivity contribution is 7.80. The Balaban J connectivity index is 2.14. The molecule has 0 radical (unpaired) electrons. The first-order valence-corrected chi connectivity index (χ1v) is 5.87. The van der Waals surface area contributed by atoms with Crippen LogP contribution in [0, 0.1) is 0 Å². The molecule has 2 aromatic rings. The summed E-state index contributed by atoms with van der Waals surface area (Å²) in [6.07, 6.45) is 0.702. The Kier molecular flexibility index (Phi) is 4.04. The molecule has 3 nitrogen and oxygen atoms in total. The van der Waals surface area contributed by atoms with E-state index in [0.717, 1.165) is 11.4 Å². The highest BCUT2D eigenvalue weighted by atomic mass is 32.1. The van der Waals surface area contributed by atoms with Crippen LogP contribution in [0.15, 0.2) is 60.7 Å². The van der Waals surface area contributed by atoms with Gasteiger partial charge in [0.2, 0.25) is 6.41 Å². The normalized spacial score (nSPS) is 9.56. The van der Waals surface area contributed by atoms with Gasteiger partial charge in [-0.1, -0.05) is 36.4 Å². The van der Waals surface area contributed by atoms with E-state index in [4.69, 9.17) is 12.2 Å². The first kappa shape index (κ1) is 12.3. The highest BCUT2D eigenvalue weighted by Crippen LogP contribution is 2.14. The number of carbonyl (C=O) groups excluding carboxylic acids is 1. The topological polar surface area (TPSA) is 32.3 Å². The van der Waals surface area contributed by atoms with E-state index in [2.05, 4.69) is 5.32 Å². The van der Waals surface area contributed by atoms with Gasteiger partial charge in [-0.25, -0.2) is 0 Å². The van der Waals surface area contributed by atoms with Gasteiger partial charge in [0.05, 0.1) is 5.69 Å². The summed E-state index contributed by atoms with van der Waals surface area (Å²) in [7, 11) is 0. The van der Waals surface area contributed by atoms with Crippen LogP contribution >= 0.6 is 12.2 Å². The molecule has 0 fully saturated rings. The molecule has 0 spiro atoms. The number of amides is 1. The first-order chi connectivity index (χ1) is 8.81. The van der Waals surface area contributed by atoms with Crippen molar-refractivity contribution in [2.75, 3.05) is 10.2 Å². The van der Waals surface area contributed by atoms with Crippen LogP contribution in [0.1, 0.15) is 0 Å². The lowest BCUT2D eigenvalue weighted by atomic mass is 10.3. The van der Waals surface area contributed by atoms with E-state index in [1.807, 2.05) is 60.7 Å². The number of thiocarbonyl (C=S) groups is 1. The quantitative estimate of drug-likeness (QED) is 0.676. The maximum Gasteiger partial charge on any atom is 0.220 e. The van der Waals surface area contributed by atoms with Crippen molar-refractivity contribution in [1.82, 2.24) is 0 Å². The summed E-state index contributed by atoms with van der Waals surface area (Å²) in [5, 5.41) is 3.37. The fraction of sp³-hybridized carbons (Fsp3) is 0. The molecule has 0 bridgehead atoms. The number of rotatable bonds is 3. The number of hydrogen-bond donors (Lipinski definition) is 1. The second-order valence-electron chi connectivity index (χ2n) is 3.61. The van der Waals surface area contributed by atoms with E-state index < -0.39 is 0 Å². The molecule has 0 aliphatic carbocycles. The Morgan fingerprint density at radius 3 is 2.11 bits per heavy atom. The molecular formula is C14H12N2OS. The van der Waals surface area contributed by atoms with E-state index in [0.29, 0.717) is 11.5 Å². The van der Waals surface area contributed by atoms with Gasteiger partial charge in [-0.15, -0.1) is 0 Å². The molecule has 0 saturated heterocycles. The predicted octanol–water partition coefficient (Wildman–Crippen LogP) is 3.05. The molecule has 2 rings (SSSR count). The lowest BCUT2D eigenvalue weighted by Gasteiger charge is -2.19. The Morgan fingerprint density at radius 2 is 1.56 bits per heavy atom. The zero-order valence-corrected chi connectivity index (χ0v) is 10.4. The molecule has 0 heterocycles. The van der Waals surface area contributed by atoms with Crippen LogP contribution in [-0.2, 0) is 4.79 Å². The van der Waals surface area contributed by atoms with Crippen LogP contribution in [0.3, 0.4) is 0 Å². The number of anilines is 2. The van der Waals surface area contributed by atoms with Crippen LogP contribution < -0.4 is 10.2 Å². The molecule has 0 aliphatic heterocycles. The van der Waals surface area contributed by atoms with E-state index in [1.54, 1.807) is 0 Å². The number of para-hydroxylation sites is 2. The largest absolute Gasteiger partial charge is 0.332 e. The van der Waals surface area contributed by atoms with Gasteiger partial charge in [-0.3, -0.25) is 9.69 Å². The van der Waals surface area contributed by atoms with Crippen molar-refractivity contribution < 1.29 is 4.79 Å². The van der Waals surface area contributed by atoms with E-state index >= 15 is 0 Å². The summed E-state index contributed by atoms with van der Waals surface area (Å²) in [5.41, 5.74) is 1.59. The smallest absolute Gasteiger partial charge is 0.220 e. The zero-order chi connectivity index (χ0) is 12.8. The van der Waals surface area contributed by atoms with Crippen LogP contribution in [0.4, 0.5) is 11.4 Å². The molecule has 0 atom stereocenters. The summed E-state index contributed by atoms with van der Waals surface area (Å²) in [4.78, 5) is 12.5. The third-order valence-corrected chi connectivity index (χ3v) is 2.68. The minimum Gasteiger partial charge on any atom is -0.332 e. The summed E-state index contributed by atoms with van der Waals surface area (Å²) in [6, 6.07) is 18.8. The molecule has 1 amide bonds. The number of nitrogens with zero attached hydrogens (tertiary/aromatic N) is 1. The Bertz CT molecular complexity index is 528. The van der Waals surface area contributed by atoms with Crippen LogP contribution in [0.5, 0.6) is 0 Å². The summed E-state index contributed by atoms with van der Waals surface area (Å²) in [5.74, 6) is 0. The Labute approximate surface area is 111 Å². The molecule has 4 heteroatoms. The van der Waals surface area contributed by atoms with Gasteiger partial charge in [0.15, 0.2) is 5.11 Å². The third kappa shape index (κ3) is 2.93. The van der Waals surface area contributed by atoms with E-state index in [9.17, 15) is 4.79 Å². The number of carbonyl (C=O) groups is 1. The molecule has 2 aromatic carbocycles. The van der Waals surface area contributed by atoms with Crippen molar-refractivity contribution in [3.8, 4) is 0 Å². The maximum atomic E-state index is 11.1. The Hall–Kier alpha value is -2.20. The summed E-state index contributed by atoms with van der Waals surface area (Å²) < 4.78 is 0. The lowest BCUT2D eigenvalue weighted by molar-refractivity contribution is -0.106. The van der Waals surface area contributed by atoms with Gasteiger partial charge in [0.1, 0.15) is 0 Å². The molecule has 1 N–H and O–H groups in total. The minimum absolute atomic E-state index is 0.349. The predicted molar refractivity (Wildman–Crippen MR) is 77.6 cm³/mol. The van der Waals surface area contributed by atoms with Crippen LogP contribution in [0.25, 0.3) is 0 Å². The fourth-order valence-corrected chi connectivity index (χ4v) is 1.79. The summed E-state index contributed by atoms with van der Waals surface area (Å²) >= 11 is 5.22. The minimum atomic E-state index is 0.349. The molecule has 0 aromatic heterocycles. The van der Waals surface area contributed by atoms with Crippen molar-refractivity contribution in [3.05, 3.63) is 60.7 Å². The van der Waals surface area contributed by atoms with Crippen molar-refractivity contribution >= 4 is 35.1 Å². The molecule has 0 saturated carbocycles. The second kappa shape index (κ2) is 5.93. The fourth-order valence-electron chi connectivity index (χ4n) is 1.52. The number of nitrogens with one attached hydrogen (secondary N) is 1. The Morgan fingerprint density at radius 1 is 1.00 bits per heavy atom. The molecule has 0 unspecified atom stereocenters. The lowest BCUT2D eigenvalue weighted by Crippen LogP contribution is -2.33. The van der Waals surface area contributed by atoms with Gasteiger partial charge in [-0.2, -0.15) is 0 Å². The average Bonchev–Trinajstić information content (AvgIpc) is 2.42. The van der Waals surface area contributed by atoms with E-state index in [1.165, 1.54) is 4.90 Å². The molecular weight excluding hydrogens is 244 g/mol.